The van der Waals surface area contributed by atoms with E-state index in [1.807, 2.05) is 0 Å². The van der Waals surface area contributed by atoms with Gasteiger partial charge in [-0.1, -0.05) is 31.9 Å². The minimum Gasteiger partial charge on any atom is -0.350 e. The van der Waals surface area contributed by atoms with E-state index in [2.05, 4.69) is 29.1 Å². The molecular formula is C10H14ClN3O. The molecule has 0 aromatic carbocycles. The first kappa shape index (κ1) is 11.9. The van der Waals surface area contributed by atoms with E-state index in [0.717, 1.165) is 6.42 Å². The molecule has 82 valence electrons. The summed E-state index contributed by atoms with van der Waals surface area (Å²) in [5.41, 5.74) is 0.255. The molecule has 0 saturated carbocycles. The second-order valence-corrected chi connectivity index (χ2v) is 3.84. The topological polar surface area (TPSA) is 54.9 Å². The molecule has 4 nitrogen and oxygen atoms in total. The first-order chi connectivity index (χ1) is 7.13. The van der Waals surface area contributed by atoms with E-state index < -0.39 is 0 Å². The maximum Gasteiger partial charge on any atom is 0.271 e. The predicted octanol–water partition coefficient (Wildman–Crippen LogP) is 1.91. The van der Waals surface area contributed by atoms with Gasteiger partial charge < -0.3 is 5.32 Å². The summed E-state index contributed by atoms with van der Waals surface area (Å²) in [6, 6.07) is 0. The average molecular weight is 228 g/mol. The Morgan fingerprint density at radius 2 is 2.33 bits per heavy atom. The first-order valence-corrected chi connectivity index (χ1v) is 5.27. The van der Waals surface area contributed by atoms with Crippen LogP contribution in [0, 0.1) is 5.92 Å². The number of carbonyl (C=O) groups excluding carboxylic acids is 1. The van der Waals surface area contributed by atoms with Gasteiger partial charge in [-0.05, 0) is 5.92 Å². The quantitative estimate of drug-likeness (QED) is 0.855. The van der Waals surface area contributed by atoms with Crippen molar-refractivity contribution in [1.29, 1.82) is 0 Å². The number of rotatable bonds is 4. The van der Waals surface area contributed by atoms with Crippen LogP contribution in [0.25, 0.3) is 0 Å². The number of halogens is 1. The summed E-state index contributed by atoms with van der Waals surface area (Å²) in [6.07, 6.45) is 3.83. The largest absolute Gasteiger partial charge is 0.350 e. The van der Waals surface area contributed by atoms with Crippen molar-refractivity contribution in [3.63, 3.8) is 0 Å². The van der Waals surface area contributed by atoms with E-state index in [1.54, 1.807) is 0 Å². The Kier molecular flexibility index (Phi) is 4.49. The van der Waals surface area contributed by atoms with Crippen LogP contribution in [0.2, 0.25) is 5.15 Å². The van der Waals surface area contributed by atoms with Crippen LogP contribution < -0.4 is 5.32 Å². The van der Waals surface area contributed by atoms with Gasteiger partial charge in [0.05, 0.1) is 12.4 Å². The zero-order chi connectivity index (χ0) is 11.3. The van der Waals surface area contributed by atoms with E-state index in [4.69, 9.17) is 11.6 Å². The molecule has 1 aromatic rings. The highest BCUT2D eigenvalue weighted by Crippen LogP contribution is 2.03. The van der Waals surface area contributed by atoms with Crippen molar-refractivity contribution in [2.45, 2.75) is 20.3 Å². The lowest BCUT2D eigenvalue weighted by Gasteiger charge is -2.09. The molecule has 15 heavy (non-hydrogen) atoms. The fourth-order valence-corrected chi connectivity index (χ4v) is 1.10. The molecule has 0 saturated heterocycles. The molecule has 5 heteroatoms. The van der Waals surface area contributed by atoms with Crippen LogP contribution in [0.3, 0.4) is 0 Å². The van der Waals surface area contributed by atoms with Crippen molar-refractivity contribution in [3.8, 4) is 0 Å². The van der Waals surface area contributed by atoms with Crippen LogP contribution in [0.1, 0.15) is 30.8 Å². The molecule has 1 atom stereocenters. The number of carbonyl (C=O) groups is 1. The van der Waals surface area contributed by atoms with Gasteiger partial charge in [0.15, 0.2) is 0 Å². The van der Waals surface area contributed by atoms with E-state index >= 15 is 0 Å². The van der Waals surface area contributed by atoms with Gasteiger partial charge in [0.2, 0.25) is 0 Å². The van der Waals surface area contributed by atoms with E-state index in [-0.39, 0.29) is 16.8 Å². The first-order valence-electron chi connectivity index (χ1n) is 4.89. The van der Waals surface area contributed by atoms with Crippen molar-refractivity contribution in [2.75, 3.05) is 6.54 Å². The lowest BCUT2D eigenvalue weighted by Crippen LogP contribution is -2.28. The van der Waals surface area contributed by atoms with Crippen LogP contribution in [-0.2, 0) is 0 Å². The summed E-state index contributed by atoms with van der Waals surface area (Å²) < 4.78 is 0. The van der Waals surface area contributed by atoms with Crippen molar-refractivity contribution in [3.05, 3.63) is 23.2 Å². The third-order valence-electron chi connectivity index (χ3n) is 2.15. The predicted molar refractivity (Wildman–Crippen MR) is 58.8 cm³/mol. The number of amides is 1. The summed E-state index contributed by atoms with van der Waals surface area (Å²) in [6.45, 7) is 4.80. The fourth-order valence-electron chi connectivity index (χ4n) is 0.953. The Bertz CT molecular complexity index is 343. The summed E-state index contributed by atoms with van der Waals surface area (Å²) in [5, 5.41) is 3.00. The Morgan fingerprint density at radius 3 is 2.93 bits per heavy atom. The standard InChI is InChI=1S/C10H14ClN3O/c1-3-7(2)4-13-10(15)8-5-12-6-9(11)14-8/h5-7H,3-4H2,1-2H3,(H,13,15). The Balaban J connectivity index is 2.54. The molecule has 1 unspecified atom stereocenters. The molecule has 1 N–H and O–H groups in total. The second kappa shape index (κ2) is 5.66. The van der Waals surface area contributed by atoms with Crippen LogP contribution in [0.5, 0.6) is 0 Å². The third-order valence-corrected chi connectivity index (χ3v) is 2.33. The number of hydrogen-bond donors (Lipinski definition) is 1. The molecule has 0 bridgehead atoms. The Hall–Kier alpha value is -1.16. The van der Waals surface area contributed by atoms with E-state index in [9.17, 15) is 4.79 Å². The minimum absolute atomic E-state index is 0.228. The molecule has 1 rings (SSSR count). The summed E-state index contributed by atoms with van der Waals surface area (Å²) in [5.74, 6) is 0.228. The van der Waals surface area contributed by atoms with Crippen LogP contribution in [0.15, 0.2) is 12.4 Å². The fraction of sp³-hybridized carbons (Fsp3) is 0.500. The molecule has 0 spiro atoms. The number of nitrogens with one attached hydrogen (secondary N) is 1. The number of aromatic nitrogens is 2. The van der Waals surface area contributed by atoms with Gasteiger partial charge in [0.1, 0.15) is 10.8 Å². The lowest BCUT2D eigenvalue weighted by molar-refractivity contribution is 0.0942. The number of nitrogens with zero attached hydrogens (tertiary/aromatic N) is 2. The third kappa shape index (κ3) is 3.83. The van der Waals surface area contributed by atoms with E-state index in [0.29, 0.717) is 12.5 Å². The van der Waals surface area contributed by atoms with Gasteiger partial charge >= 0.3 is 0 Å². The van der Waals surface area contributed by atoms with Crippen LogP contribution in [-0.4, -0.2) is 22.4 Å². The summed E-state index contributed by atoms with van der Waals surface area (Å²) in [4.78, 5) is 19.2. The molecule has 1 aromatic heterocycles. The van der Waals surface area contributed by atoms with Gasteiger partial charge in [0.25, 0.3) is 5.91 Å². The molecule has 0 aliphatic rings. The maximum atomic E-state index is 11.5. The number of hydrogen-bond acceptors (Lipinski definition) is 3. The Morgan fingerprint density at radius 1 is 1.60 bits per heavy atom. The summed E-state index contributed by atoms with van der Waals surface area (Å²) >= 11 is 5.63. The highest BCUT2D eigenvalue weighted by atomic mass is 35.5. The van der Waals surface area contributed by atoms with Crippen LogP contribution >= 0.6 is 11.6 Å². The second-order valence-electron chi connectivity index (χ2n) is 3.45. The molecule has 0 aliphatic carbocycles. The minimum atomic E-state index is -0.231. The SMILES string of the molecule is CCC(C)CNC(=O)c1cncc(Cl)n1. The van der Waals surface area contributed by atoms with Crippen molar-refractivity contribution in [1.82, 2.24) is 15.3 Å². The van der Waals surface area contributed by atoms with Gasteiger partial charge in [-0.2, -0.15) is 0 Å². The van der Waals surface area contributed by atoms with Crippen molar-refractivity contribution < 1.29 is 4.79 Å². The lowest BCUT2D eigenvalue weighted by atomic mass is 10.1. The zero-order valence-corrected chi connectivity index (χ0v) is 9.58. The normalized spacial score (nSPS) is 12.2. The zero-order valence-electron chi connectivity index (χ0n) is 8.83. The molecule has 0 radical (unpaired) electrons. The maximum absolute atomic E-state index is 11.5. The van der Waals surface area contributed by atoms with Crippen LogP contribution in [0.4, 0.5) is 0 Å². The van der Waals surface area contributed by atoms with Gasteiger partial charge in [-0.15, -0.1) is 0 Å². The monoisotopic (exact) mass is 227 g/mol. The molecule has 0 fully saturated rings. The highest BCUT2D eigenvalue weighted by molar-refractivity contribution is 6.29. The Labute approximate surface area is 94.1 Å². The van der Waals surface area contributed by atoms with Crippen molar-refractivity contribution >= 4 is 17.5 Å². The smallest absolute Gasteiger partial charge is 0.271 e. The van der Waals surface area contributed by atoms with E-state index in [1.165, 1.54) is 12.4 Å². The molecule has 1 amide bonds. The van der Waals surface area contributed by atoms with Gasteiger partial charge in [-0.25, -0.2) is 4.98 Å². The van der Waals surface area contributed by atoms with Gasteiger partial charge in [-0.3, -0.25) is 9.78 Å². The average Bonchev–Trinajstić information content (AvgIpc) is 2.25. The highest BCUT2D eigenvalue weighted by Gasteiger charge is 2.08. The summed E-state index contributed by atoms with van der Waals surface area (Å²) in [7, 11) is 0. The van der Waals surface area contributed by atoms with Crippen molar-refractivity contribution in [2.24, 2.45) is 5.92 Å². The molecule has 0 aliphatic heterocycles. The molecule has 1 heterocycles. The molecular weight excluding hydrogens is 214 g/mol. The van der Waals surface area contributed by atoms with Gasteiger partial charge in [0, 0.05) is 6.54 Å².